The van der Waals surface area contributed by atoms with Gasteiger partial charge in [0.25, 0.3) is 0 Å². The Bertz CT molecular complexity index is 326. The Kier molecular flexibility index (Phi) is 13.5. The monoisotopic (exact) mass is 329 g/mol. The molecule has 1 N–H and O–H groups in total. The van der Waals surface area contributed by atoms with E-state index in [4.69, 9.17) is 4.74 Å². The first-order valence-corrected chi connectivity index (χ1v) is 8.43. The van der Waals surface area contributed by atoms with Crippen molar-refractivity contribution in [3.8, 4) is 0 Å². The molecule has 0 amide bonds. The highest BCUT2D eigenvalue weighted by molar-refractivity contribution is 7.80. The Balaban J connectivity index is 0. The fourth-order valence-electron chi connectivity index (χ4n) is 1.54. The first-order chi connectivity index (χ1) is 9.52. The lowest BCUT2D eigenvalue weighted by molar-refractivity contribution is -0.873. The van der Waals surface area contributed by atoms with Gasteiger partial charge in [0.05, 0.1) is 34.9 Å². The van der Waals surface area contributed by atoms with E-state index in [-0.39, 0.29) is 6.10 Å². The van der Waals surface area contributed by atoms with E-state index in [1.54, 1.807) is 0 Å². The number of ether oxygens (including phenoxy) is 1. The van der Waals surface area contributed by atoms with E-state index >= 15 is 0 Å². The number of quaternary nitrogens is 1. The predicted octanol–water partition coefficient (Wildman–Crippen LogP) is 0.743. The Labute approximate surface area is 129 Å². The minimum atomic E-state index is -4.41. The molecule has 7 nitrogen and oxygen atoms in total. The molecule has 0 heterocycles. The Morgan fingerprint density at radius 3 is 2.10 bits per heavy atom. The van der Waals surface area contributed by atoms with Crippen molar-refractivity contribution in [2.45, 2.75) is 38.7 Å². The first kappa shape index (κ1) is 23.0. The Hall–Kier alpha value is -0.250. The van der Waals surface area contributed by atoms with Gasteiger partial charge in [-0.25, -0.2) is 8.42 Å². The number of likely N-dealkylation sites (N-methyl/N-ethyl adjacent to an activating group) is 1. The summed E-state index contributed by atoms with van der Waals surface area (Å²) in [7, 11) is 2.62. The molecular weight excluding hydrogens is 298 g/mol. The van der Waals surface area contributed by atoms with Gasteiger partial charge in [-0.2, -0.15) is 0 Å². The first-order valence-electron chi connectivity index (χ1n) is 7.09. The van der Waals surface area contributed by atoms with E-state index in [2.05, 4.69) is 32.2 Å². The SMILES string of the molecule is CCCCCCOCC(O)C[N+](C)(C)C.COS(=O)(=O)[O-]. The lowest BCUT2D eigenvalue weighted by Gasteiger charge is -2.26. The molecule has 0 saturated heterocycles. The molecule has 0 bridgehead atoms. The summed E-state index contributed by atoms with van der Waals surface area (Å²) in [5, 5.41) is 9.65. The van der Waals surface area contributed by atoms with Crippen LogP contribution in [0.5, 0.6) is 0 Å². The zero-order chi connectivity index (χ0) is 16.9. The quantitative estimate of drug-likeness (QED) is 0.275. The fourth-order valence-corrected chi connectivity index (χ4v) is 1.54. The average Bonchev–Trinajstić information content (AvgIpc) is 2.31. The van der Waals surface area contributed by atoms with Crippen LogP contribution >= 0.6 is 0 Å². The minimum Gasteiger partial charge on any atom is -0.726 e. The van der Waals surface area contributed by atoms with Gasteiger partial charge in [-0.3, -0.25) is 4.18 Å². The molecule has 1 atom stereocenters. The standard InChI is InChI=1S/C12H28NO2.CH4O4S/c1-5-6-7-8-9-15-11-12(14)10-13(2,3)4;1-5-6(2,3)4/h12,14H,5-11H2,1-4H3;1H3,(H,2,3,4)/q+1;/p-1. The van der Waals surface area contributed by atoms with E-state index in [0.717, 1.165) is 31.2 Å². The fraction of sp³-hybridized carbons (Fsp3) is 1.00. The van der Waals surface area contributed by atoms with Crippen LogP contribution < -0.4 is 0 Å². The van der Waals surface area contributed by atoms with Crippen LogP contribution in [0.1, 0.15) is 32.6 Å². The van der Waals surface area contributed by atoms with Gasteiger partial charge in [0, 0.05) is 6.61 Å². The molecule has 21 heavy (non-hydrogen) atoms. The number of aliphatic hydroxyl groups is 1. The highest BCUT2D eigenvalue weighted by atomic mass is 32.3. The van der Waals surface area contributed by atoms with Gasteiger partial charge in [-0.15, -0.1) is 0 Å². The summed E-state index contributed by atoms with van der Waals surface area (Å²) in [6, 6.07) is 0. The number of hydrogen-bond acceptors (Lipinski definition) is 6. The van der Waals surface area contributed by atoms with Crippen molar-refractivity contribution in [1.29, 1.82) is 0 Å². The average molecular weight is 329 g/mol. The second kappa shape index (κ2) is 12.3. The van der Waals surface area contributed by atoms with Gasteiger partial charge in [0.15, 0.2) is 0 Å². The summed E-state index contributed by atoms with van der Waals surface area (Å²) in [5.41, 5.74) is 0. The van der Waals surface area contributed by atoms with Crippen molar-refractivity contribution < 1.29 is 31.5 Å². The molecule has 0 aliphatic carbocycles. The number of aliphatic hydroxyl groups excluding tert-OH is 1. The molecule has 0 radical (unpaired) electrons. The smallest absolute Gasteiger partial charge is 0.217 e. The Morgan fingerprint density at radius 2 is 1.71 bits per heavy atom. The second-order valence-corrected chi connectivity index (χ2v) is 6.99. The zero-order valence-corrected chi connectivity index (χ0v) is 14.7. The van der Waals surface area contributed by atoms with E-state index in [9.17, 15) is 18.1 Å². The molecule has 8 heteroatoms. The third-order valence-electron chi connectivity index (χ3n) is 2.42. The molecule has 0 rings (SSSR count). The summed E-state index contributed by atoms with van der Waals surface area (Å²) < 4.78 is 37.2. The number of rotatable bonds is 10. The molecule has 0 aromatic carbocycles. The zero-order valence-electron chi connectivity index (χ0n) is 13.9. The van der Waals surface area contributed by atoms with Crippen molar-refractivity contribution in [2.75, 3.05) is 48.0 Å². The Morgan fingerprint density at radius 1 is 1.19 bits per heavy atom. The predicted molar refractivity (Wildman–Crippen MR) is 80.6 cm³/mol. The summed E-state index contributed by atoms with van der Waals surface area (Å²) in [6.45, 7) is 4.21. The highest BCUT2D eigenvalue weighted by Crippen LogP contribution is 2.00. The van der Waals surface area contributed by atoms with E-state index in [1.807, 2.05) is 0 Å². The number of unbranched alkanes of at least 4 members (excludes halogenated alkanes) is 3. The molecule has 130 valence electrons. The maximum absolute atomic E-state index is 9.65. The minimum absolute atomic E-state index is 0.337. The van der Waals surface area contributed by atoms with Gasteiger partial charge >= 0.3 is 0 Å². The molecule has 0 saturated carbocycles. The molecular formula is C13H31NO6S. The van der Waals surface area contributed by atoms with Crippen LogP contribution in [-0.2, 0) is 19.3 Å². The van der Waals surface area contributed by atoms with Crippen LogP contribution in [0.4, 0.5) is 0 Å². The summed E-state index contributed by atoms with van der Waals surface area (Å²) >= 11 is 0. The third kappa shape index (κ3) is 25.1. The maximum Gasteiger partial charge on any atom is 0.217 e. The van der Waals surface area contributed by atoms with Gasteiger partial charge < -0.3 is 18.9 Å². The summed E-state index contributed by atoms with van der Waals surface area (Å²) in [6.07, 6.45) is 4.55. The van der Waals surface area contributed by atoms with Gasteiger partial charge in [-0.05, 0) is 6.42 Å². The van der Waals surface area contributed by atoms with Crippen LogP contribution in [0.2, 0.25) is 0 Å². The van der Waals surface area contributed by atoms with E-state index < -0.39 is 10.4 Å². The molecule has 0 aliphatic heterocycles. The largest absolute Gasteiger partial charge is 0.726 e. The van der Waals surface area contributed by atoms with Crippen molar-refractivity contribution in [1.82, 2.24) is 0 Å². The van der Waals surface area contributed by atoms with Crippen LogP contribution in [0, 0.1) is 0 Å². The molecule has 0 fully saturated rings. The summed E-state index contributed by atoms with van der Waals surface area (Å²) in [4.78, 5) is 0. The third-order valence-corrected chi connectivity index (χ3v) is 2.82. The molecule has 1 unspecified atom stereocenters. The topological polar surface area (TPSA) is 95.9 Å². The molecule has 0 aromatic heterocycles. The maximum atomic E-state index is 9.65. The second-order valence-electron chi connectivity index (χ2n) is 5.84. The lowest BCUT2D eigenvalue weighted by atomic mass is 10.2. The van der Waals surface area contributed by atoms with Crippen LogP contribution in [-0.4, -0.2) is 76.7 Å². The van der Waals surface area contributed by atoms with Crippen molar-refractivity contribution in [2.24, 2.45) is 0 Å². The molecule has 0 spiro atoms. The lowest BCUT2D eigenvalue weighted by Crippen LogP contribution is -2.43. The van der Waals surface area contributed by atoms with Crippen LogP contribution in [0.25, 0.3) is 0 Å². The van der Waals surface area contributed by atoms with Crippen LogP contribution in [0.3, 0.4) is 0 Å². The summed E-state index contributed by atoms with van der Waals surface area (Å²) in [5.74, 6) is 0. The van der Waals surface area contributed by atoms with Gasteiger partial charge in [0.2, 0.25) is 10.4 Å². The van der Waals surface area contributed by atoms with E-state index in [0.29, 0.717) is 6.61 Å². The van der Waals surface area contributed by atoms with Gasteiger partial charge in [0.1, 0.15) is 12.6 Å². The number of nitrogens with zero attached hydrogens (tertiary/aromatic N) is 1. The van der Waals surface area contributed by atoms with Gasteiger partial charge in [-0.1, -0.05) is 26.2 Å². The van der Waals surface area contributed by atoms with Crippen LogP contribution in [0.15, 0.2) is 0 Å². The van der Waals surface area contributed by atoms with Crippen molar-refractivity contribution in [3.05, 3.63) is 0 Å². The molecule has 0 aromatic rings. The number of hydrogen-bond donors (Lipinski definition) is 1. The molecule has 0 aliphatic rings. The normalized spacial score (nSPS) is 13.5. The van der Waals surface area contributed by atoms with E-state index in [1.165, 1.54) is 19.3 Å². The van der Waals surface area contributed by atoms with Crippen molar-refractivity contribution in [3.63, 3.8) is 0 Å². The highest BCUT2D eigenvalue weighted by Gasteiger charge is 2.14. The van der Waals surface area contributed by atoms with Crippen molar-refractivity contribution >= 4 is 10.4 Å².